The summed E-state index contributed by atoms with van der Waals surface area (Å²) in [6, 6.07) is 8.96. The highest BCUT2D eigenvalue weighted by Crippen LogP contribution is 2.32. The van der Waals surface area contributed by atoms with E-state index in [0.29, 0.717) is 0 Å². The molecular formula is C19H19FN3+. The van der Waals surface area contributed by atoms with Gasteiger partial charge < -0.3 is 4.98 Å². The minimum atomic E-state index is -0.191. The highest BCUT2D eigenvalue weighted by Gasteiger charge is 2.23. The summed E-state index contributed by atoms with van der Waals surface area (Å²) in [4.78, 5) is 7.57. The van der Waals surface area contributed by atoms with Crippen LogP contribution in [0.5, 0.6) is 0 Å². The van der Waals surface area contributed by atoms with E-state index in [2.05, 4.69) is 21.6 Å². The molecule has 4 rings (SSSR count). The molecule has 1 aromatic carbocycles. The predicted molar refractivity (Wildman–Crippen MR) is 90.5 cm³/mol. The molecule has 0 aliphatic carbocycles. The van der Waals surface area contributed by atoms with Crippen molar-refractivity contribution in [1.82, 2.24) is 9.97 Å². The fraction of sp³-hybridized carbons (Fsp3) is 0.263. The Morgan fingerprint density at radius 3 is 2.78 bits per heavy atom. The molecule has 0 spiro atoms. The first-order valence-corrected chi connectivity index (χ1v) is 7.99. The van der Waals surface area contributed by atoms with Crippen LogP contribution in [0.25, 0.3) is 22.2 Å². The summed E-state index contributed by atoms with van der Waals surface area (Å²) in [7, 11) is 2.14. The highest BCUT2D eigenvalue weighted by molar-refractivity contribution is 5.96. The summed E-state index contributed by atoms with van der Waals surface area (Å²) in [5.74, 6) is -0.191. The first-order chi connectivity index (χ1) is 11.2. The summed E-state index contributed by atoms with van der Waals surface area (Å²) in [5.41, 5.74) is 5.74. The van der Waals surface area contributed by atoms with Gasteiger partial charge in [-0.2, -0.15) is 0 Å². The zero-order valence-corrected chi connectivity index (χ0v) is 13.1. The van der Waals surface area contributed by atoms with E-state index in [4.69, 9.17) is 0 Å². The molecule has 0 amide bonds. The lowest BCUT2D eigenvalue weighted by atomic mass is 9.99. The number of benzene rings is 1. The highest BCUT2D eigenvalue weighted by atomic mass is 19.1. The third kappa shape index (κ3) is 2.54. The second-order valence-corrected chi connectivity index (χ2v) is 6.17. The zero-order valence-electron chi connectivity index (χ0n) is 13.1. The van der Waals surface area contributed by atoms with Crippen molar-refractivity contribution in [2.45, 2.75) is 19.3 Å². The van der Waals surface area contributed by atoms with Gasteiger partial charge in [0.25, 0.3) is 0 Å². The van der Waals surface area contributed by atoms with Crippen LogP contribution in [0.15, 0.2) is 42.7 Å². The van der Waals surface area contributed by atoms with Gasteiger partial charge in [-0.25, -0.2) is 8.97 Å². The third-order valence-electron chi connectivity index (χ3n) is 4.72. The Labute approximate surface area is 134 Å². The summed E-state index contributed by atoms with van der Waals surface area (Å²) in [6.07, 6.45) is 6.76. The quantitative estimate of drug-likeness (QED) is 0.734. The van der Waals surface area contributed by atoms with Gasteiger partial charge in [-0.05, 0) is 35.9 Å². The molecular weight excluding hydrogens is 289 g/mol. The smallest absolute Gasteiger partial charge is 0.156 e. The van der Waals surface area contributed by atoms with Crippen LogP contribution in [-0.4, -0.2) is 33.8 Å². The number of H-pyrrole nitrogens is 1. The Kier molecular flexibility index (Phi) is 3.45. The average Bonchev–Trinajstić information content (AvgIpc) is 3.13. The van der Waals surface area contributed by atoms with Gasteiger partial charge in [-0.3, -0.25) is 4.98 Å². The van der Waals surface area contributed by atoms with Crippen LogP contribution in [-0.2, 0) is 6.42 Å². The summed E-state index contributed by atoms with van der Waals surface area (Å²) < 4.78 is 16.1. The van der Waals surface area contributed by atoms with Crippen LogP contribution in [0.2, 0.25) is 0 Å². The molecule has 0 saturated heterocycles. The zero-order chi connectivity index (χ0) is 15.8. The van der Waals surface area contributed by atoms with Crippen molar-refractivity contribution in [2.24, 2.45) is 0 Å². The van der Waals surface area contributed by atoms with E-state index in [9.17, 15) is 4.39 Å². The van der Waals surface area contributed by atoms with E-state index >= 15 is 0 Å². The van der Waals surface area contributed by atoms with Gasteiger partial charge in [-0.1, -0.05) is 0 Å². The first-order valence-electron chi connectivity index (χ1n) is 7.99. The maximum Gasteiger partial charge on any atom is 0.156 e. The fourth-order valence-electron chi connectivity index (χ4n) is 3.47. The predicted octanol–water partition coefficient (Wildman–Crippen LogP) is 3.79. The number of halogens is 1. The Bertz CT molecular complexity index is 894. The van der Waals surface area contributed by atoms with E-state index in [1.165, 1.54) is 23.8 Å². The van der Waals surface area contributed by atoms with Crippen molar-refractivity contribution in [3.8, 4) is 11.3 Å². The molecule has 1 N–H and O–H groups in total. The van der Waals surface area contributed by atoms with Gasteiger partial charge in [0, 0.05) is 41.7 Å². The number of pyridine rings is 1. The number of aromatic amines is 1. The first kappa shape index (κ1) is 14.1. The van der Waals surface area contributed by atoms with Crippen molar-refractivity contribution in [1.29, 1.82) is 0 Å². The maximum absolute atomic E-state index is 13.8. The van der Waals surface area contributed by atoms with E-state index < -0.39 is 0 Å². The molecule has 3 aromatic rings. The maximum atomic E-state index is 13.8. The van der Waals surface area contributed by atoms with Crippen LogP contribution in [0, 0.1) is 5.82 Å². The number of nitrogens with one attached hydrogen (secondary N) is 1. The van der Waals surface area contributed by atoms with Gasteiger partial charge >= 0.3 is 0 Å². The number of fused-ring (bicyclic) bond motifs is 1. The normalized spacial score (nSPS) is 14.9. The third-order valence-corrected chi connectivity index (χ3v) is 4.72. The molecule has 1 aliphatic heterocycles. The minimum absolute atomic E-state index is 0.191. The monoisotopic (exact) mass is 308 g/mol. The Balaban J connectivity index is 1.91. The van der Waals surface area contributed by atoms with Gasteiger partial charge in [0.05, 0.1) is 12.1 Å². The molecule has 116 valence electrons. The lowest BCUT2D eigenvalue weighted by molar-refractivity contribution is -0.489. The summed E-state index contributed by atoms with van der Waals surface area (Å²) in [6.45, 7) is 1.11. The molecule has 2 aromatic heterocycles. The Morgan fingerprint density at radius 2 is 2.04 bits per heavy atom. The number of hydrogen-bond acceptors (Lipinski definition) is 1. The molecule has 0 bridgehead atoms. The topological polar surface area (TPSA) is 31.7 Å². The van der Waals surface area contributed by atoms with Gasteiger partial charge in [0.1, 0.15) is 19.4 Å². The van der Waals surface area contributed by atoms with Gasteiger partial charge in [0.2, 0.25) is 0 Å². The van der Waals surface area contributed by atoms with E-state index in [0.717, 1.165) is 41.5 Å². The second kappa shape index (κ2) is 5.61. The molecule has 4 heteroatoms. The van der Waals surface area contributed by atoms with Crippen molar-refractivity contribution in [2.75, 3.05) is 13.6 Å². The second-order valence-electron chi connectivity index (χ2n) is 6.17. The fourth-order valence-corrected chi connectivity index (χ4v) is 3.47. The van der Waals surface area contributed by atoms with E-state index in [1.807, 2.05) is 18.2 Å². The van der Waals surface area contributed by atoms with Gasteiger partial charge in [0.15, 0.2) is 5.71 Å². The molecule has 3 heterocycles. The van der Waals surface area contributed by atoms with Crippen molar-refractivity contribution < 1.29 is 8.97 Å². The van der Waals surface area contributed by atoms with Crippen LogP contribution in [0.3, 0.4) is 0 Å². The minimum Gasteiger partial charge on any atom is -0.354 e. The molecule has 23 heavy (non-hydrogen) atoms. The molecule has 1 aliphatic rings. The molecule has 0 radical (unpaired) electrons. The summed E-state index contributed by atoms with van der Waals surface area (Å²) >= 11 is 0. The number of aromatic nitrogens is 2. The Morgan fingerprint density at radius 1 is 1.22 bits per heavy atom. The number of nitrogens with zero attached hydrogens (tertiary/aromatic N) is 2. The van der Waals surface area contributed by atoms with E-state index in [-0.39, 0.29) is 5.82 Å². The van der Waals surface area contributed by atoms with Crippen molar-refractivity contribution in [3.05, 3.63) is 54.1 Å². The molecule has 3 nitrogen and oxygen atoms in total. The molecule has 0 saturated carbocycles. The lowest BCUT2D eigenvalue weighted by Gasteiger charge is -2.04. The van der Waals surface area contributed by atoms with Crippen LogP contribution >= 0.6 is 0 Å². The van der Waals surface area contributed by atoms with Crippen LogP contribution in [0.4, 0.5) is 4.39 Å². The summed E-state index contributed by atoms with van der Waals surface area (Å²) in [5, 5.41) is 0.976. The van der Waals surface area contributed by atoms with Crippen LogP contribution in [0.1, 0.15) is 18.4 Å². The SMILES string of the molecule is C[N+]1=C(Cc2c(-c3ccncc3)[nH]c3ccc(F)cc23)CCC1. The molecule has 0 unspecified atom stereocenters. The van der Waals surface area contributed by atoms with Crippen molar-refractivity contribution in [3.63, 3.8) is 0 Å². The molecule has 0 fully saturated rings. The average molecular weight is 308 g/mol. The number of rotatable bonds is 3. The molecule has 0 atom stereocenters. The van der Waals surface area contributed by atoms with E-state index in [1.54, 1.807) is 18.5 Å². The lowest BCUT2D eigenvalue weighted by Crippen LogP contribution is -2.12. The largest absolute Gasteiger partial charge is 0.354 e. The van der Waals surface area contributed by atoms with Crippen molar-refractivity contribution >= 4 is 16.6 Å². The van der Waals surface area contributed by atoms with Crippen LogP contribution < -0.4 is 0 Å². The van der Waals surface area contributed by atoms with Gasteiger partial charge in [-0.15, -0.1) is 0 Å². The standard InChI is InChI=1S/C19H19FN3/c1-23-10-2-3-15(23)12-17-16-11-14(20)4-5-18(16)22-19(17)13-6-8-21-9-7-13/h4-9,11,22H,2-3,10,12H2,1H3/q+1. The Hall–Kier alpha value is -2.49. The number of hydrogen-bond donors (Lipinski definition) is 1.